The first-order valence-corrected chi connectivity index (χ1v) is 6.87. The zero-order valence-corrected chi connectivity index (χ0v) is 10.6. The molecule has 0 heterocycles. The van der Waals surface area contributed by atoms with Crippen LogP contribution < -0.4 is 10.5 Å². The van der Waals surface area contributed by atoms with Gasteiger partial charge in [0.2, 0.25) is 0 Å². The van der Waals surface area contributed by atoms with E-state index in [-0.39, 0.29) is 5.56 Å². The molecule has 1 rings (SSSR count). The zero-order chi connectivity index (χ0) is 14.8. The first kappa shape index (κ1) is 15.6. The molecule has 0 aliphatic heterocycles. The second-order valence-corrected chi connectivity index (χ2v) is 5.79. The maximum atomic E-state index is 12.1. The van der Waals surface area contributed by atoms with Gasteiger partial charge in [0, 0.05) is 22.8 Å². The van der Waals surface area contributed by atoms with Gasteiger partial charge in [0.05, 0.1) is 5.56 Å². The Kier molecular flexibility index (Phi) is 4.29. The van der Waals surface area contributed by atoms with Crippen LogP contribution in [0, 0.1) is 11.3 Å². The molecule has 0 aliphatic rings. The smallest absolute Gasteiger partial charge is 0.405 e. The minimum atomic E-state index is -4.99. The van der Waals surface area contributed by atoms with E-state index in [0.717, 1.165) is 6.07 Å². The Morgan fingerprint density at radius 2 is 2.00 bits per heavy atom. The molecule has 19 heavy (non-hydrogen) atoms. The highest BCUT2D eigenvalue weighted by Crippen LogP contribution is 2.31. The van der Waals surface area contributed by atoms with Crippen molar-refractivity contribution >= 4 is 19.7 Å². The van der Waals surface area contributed by atoms with Crippen molar-refractivity contribution in [3.63, 3.8) is 0 Å². The van der Waals surface area contributed by atoms with Crippen LogP contribution in [0.4, 0.5) is 13.2 Å². The van der Waals surface area contributed by atoms with Crippen molar-refractivity contribution < 1.29 is 26.3 Å². The fourth-order valence-corrected chi connectivity index (χ4v) is 2.30. The molecule has 0 atom stereocenters. The van der Waals surface area contributed by atoms with E-state index in [2.05, 4.69) is 4.74 Å². The summed E-state index contributed by atoms with van der Waals surface area (Å²) in [6, 6.07) is 2.84. The molecule has 1 aromatic carbocycles. The van der Waals surface area contributed by atoms with Crippen LogP contribution in [0.5, 0.6) is 5.75 Å². The first-order chi connectivity index (χ1) is 8.58. The Hall–Kier alpha value is -1.50. The van der Waals surface area contributed by atoms with Crippen molar-refractivity contribution in [1.29, 1.82) is 5.26 Å². The van der Waals surface area contributed by atoms with Gasteiger partial charge in [-0.15, -0.1) is 13.2 Å². The predicted molar refractivity (Wildman–Crippen MR) is 58.8 cm³/mol. The van der Waals surface area contributed by atoms with Crippen LogP contribution in [0.25, 0.3) is 0 Å². The Morgan fingerprint density at radius 1 is 1.42 bits per heavy atom. The van der Waals surface area contributed by atoms with E-state index in [4.69, 9.17) is 21.7 Å². The molecule has 5 nitrogen and oxygen atoms in total. The quantitative estimate of drug-likeness (QED) is 0.859. The van der Waals surface area contributed by atoms with Gasteiger partial charge in [-0.1, -0.05) is 0 Å². The van der Waals surface area contributed by atoms with E-state index >= 15 is 0 Å². The normalized spacial score (nSPS) is 12.0. The van der Waals surface area contributed by atoms with Crippen molar-refractivity contribution in [3.8, 4) is 11.8 Å². The van der Waals surface area contributed by atoms with E-state index in [1.165, 1.54) is 6.07 Å². The number of halogens is 4. The number of nitrogens with two attached hydrogens (primary N) is 1. The molecule has 104 valence electrons. The molecule has 10 heteroatoms. The number of rotatable bonds is 3. The van der Waals surface area contributed by atoms with Crippen LogP contribution in [-0.4, -0.2) is 14.8 Å². The van der Waals surface area contributed by atoms with Gasteiger partial charge in [-0.3, -0.25) is 0 Å². The van der Waals surface area contributed by atoms with Gasteiger partial charge in [0.15, 0.2) is 0 Å². The largest absolute Gasteiger partial charge is 0.573 e. The van der Waals surface area contributed by atoms with Gasteiger partial charge in [0.25, 0.3) is 9.05 Å². The molecule has 0 amide bonds. The van der Waals surface area contributed by atoms with Crippen molar-refractivity contribution in [2.45, 2.75) is 17.8 Å². The molecule has 0 bridgehead atoms. The summed E-state index contributed by atoms with van der Waals surface area (Å²) >= 11 is 0. The highest BCUT2D eigenvalue weighted by molar-refractivity contribution is 8.13. The Bertz CT molecular complexity index is 637. The van der Waals surface area contributed by atoms with Crippen molar-refractivity contribution in [2.75, 3.05) is 0 Å². The molecule has 0 spiro atoms. The zero-order valence-electron chi connectivity index (χ0n) is 9.03. The molecular weight excluding hydrogens is 309 g/mol. The Labute approximate surface area is 110 Å². The highest BCUT2D eigenvalue weighted by atomic mass is 35.7. The summed E-state index contributed by atoms with van der Waals surface area (Å²) in [7, 11) is 0.793. The minimum Gasteiger partial charge on any atom is -0.405 e. The van der Waals surface area contributed by atoms with Crippen molar-refractivity contribution in [3.05, 3.63) is 23.3 Å². The summed E-state index contributed by atoms with van der Waals surface area (Å²) in [6.45, 7) is -0.420. The van der Waals surface area contributed by atoms with Gasteiger partial charge < -0.3 is 10.5 Å². The van der Waals surface area contributed by atoms with Gasteiger partial charge in [-0.05, 0) is 12.1 Å². The lowest BCUT2D eigenvalue weighted by molar-refractivity contribution is -0.274. The number of nitriles is 1. The topological polar surface area (TPSA) is 93.2 Å². The number of nitrogens with zero attached hydrogens (tertiary/aromatic N) is 1. The molecule has 0 saturated carbocycles. The summed E-state index contributed by atoms with van der Waals surface area (Å²) < 4.78 is 62.5. The third-order valence-electron chi connectivity index (χ3n) is 1.99. The van der Waals surface area contributed by atoms with E-state index < -0.39 is 38.2 Å². The van der Waals surface area contributed by atoms with Crippen LogP contribution in [0.15, 0.2) is 17.0 Å². The Morgan fingerprint density at radius 3 is 2.37 bits per heavy atom. The molecule has 0 radical (unpaired) electrons. The molecular formula is C9H6ClF3N2O3S. The monoisotopic (exact) mass is 314 g/mol. The van der Waals surface area contributed by atoms with Crippen LogP contribution >= 0.6 is 10.7 Å². The molecule has 0 aromatic heterocycles. The van der Waals surface area contributed by atoms with Crippen LogP contribution in [0.2, 0.25) is 0 Å². The summed E-state index contributed by atoms with van der Waals surface area (Å²) in [5.41, 5.74) is 4.40. The standard InChI is InChI=1S/C9H6ClF3N2O3S/c10-19(16,17)8-2-5(3-14)7(1-6(8)4-15)18-9(11,12)13/h1-2H,3,14H2. The number of benzene rings is 1. The maximum Gasteiger partial charge on any atom is 0.573 e. The van der Waals surface area contributed by atoms with E-state index in [1.54, 1.807) is 0 Å². The van der Waals surface area contributed by atoms with E-state index in [0.29, 0.717) is 6.07 Å². The molecule has 2 N–H and O–H groups in total. The lowest BCUT2D eigenvalue weighted by Gasteiger charge is -2.13. The Balaban J connectivity index is 3.50. The third-order valence-corrected chi connectivity index (χ3v) is 3.35. The van der Waals surface area contributed by atoms with Crippen molar-refractivity contribution in [2.24, 2.45) is 5.73 Å². The minimum absolute atomic E-state index is 0.240. The van der Waals surface area contributed by atoms with Gasteiger partial charge in [-0.2, -0.15) is 5.26 Å². The number of ether oxygens (including phenoxy) is 1. The maximum absolute atomic E-state index is 12.1. The predicted octanol–water partition coefficient (Wildman–Crippen LogP) is 1.84. The van der Waals surface area contributed by atoms with Crippen molar-refractivity contribution in [1.82, 2.24) is 0 Å². The van der Waals surface area contributed by atoms with Crippen LogP contribution in [0.3, 0.4) is 0 Å². The average Bonchev–Trinajstić information content (AvgIpc) is 2.24. The number of alkyl halides is 3. The van der Waals surface area contributed by atoms with Gasteiger partial charge in [0.1, 0.15) is 16.7 Å². The average molecular weight is 315 g/mol. The van der Waals surface area contributed by atoms with Gasteiger partial charge >= 0.3 is 6.36 Å². The summed E-state index contributed by atoms with van der Waals surface area (Å²) in [4.78, 5) is -0.619. The third kappa shape index (κ3) is 3.99. The van der Waals surface area contributed by atoms with Crippen LogP contribution in [-0.2, 0) is 15.6 Å². The lowest BCUT2D eigenvalue weighted by Crippen LogP contribution is -2.19. The second kappa shape index (κ2) is 5.24. The van der Waals surface area contributed by atoms with E-state index in [1.807, 2.05) is 0 Å². The van der Waals surface area contributed by atoms with E-state index in [9.17, 15) is 21.6 Å². The molecule has 0 unspecified atom stereocenters. The van der Waals surface area contributed by atoms with Crippen LogP contribution in [0.1, 0.15) is 11.1 Å². The fourth-order valence-electron chi connectivity index (χ4n) is 1.27. The van der Waals surface area contributed by atoms with Gasteiger partial charge in [-0.25, -0.2) is 8.42 Å². The summed E-state index contributed by atoms with van der Waals surface area (Å²) in [5.74, 6) is -0.740. The number of hydrogen-bond donors (Lipinski definition) is 1. The molecule has 0 fully saturated rings. The fraction of sp³-hybridized carbons (Fsp3) is 0.222. The molecule has 0 saturated heterocycles. The number of hydrogen-bond acceptors (Lipinski definition) is 5. The highest BCUT2D eigenvalue weighted by Gasteiger charge is 2.33. The molecule has 0 aliphatic carbocycles. The summed E-state index contributed by atoms with van der Waals surface area (Å²) in [6.07, 6.45) is -4.99. The molecule has 1 aromatic rings. The second-order valence-electron chi connectivity index (χ2n) is 3.26. The first-order valence-electron chi connectivity index (χ1n) is 4.56. The summed E-state index contributed by atoms with van der Waals surface area (Å²) in [5, 5.41) is 8.73. The SMILES string of the molecule is N#Cc1cc(OC(F)(F)F)c(CN)cc1S(=O)(=O)Cl. The lowest BCUT2D eigenvalue weighted by atomic mass is 10.1.